The van der Waals surface area contributed by atoms with Gasteiger partial charge >= 0.3 is 0 Å². The van der Waals surface area contributed by atoms with Crippen molar-refractivity contribution in [2.75, 3.05) is 6.61 Å². The number of aliphatic hydroxyl groups excluding tert-OH is 2. The van der Waals surface area contributed by atoms with Crippen molar-refractivity contribution in [1.82, 2.24) is 0 Å². The van der Waals surface area contributed by atoms with E-state index in [1.54, 1.807) is 0 Å². The van der Waals surface area contributed by atoms with Crippen LogP contribution in [0.5, 0.6) is 0 Å². The molecule has 0 spiro atoms. The molecule has 2 nitrogen and oxygen atoms in total. The molecule has 2 N–H and O–H groups in total. The van der Waals surface area contributed by atoms with Crippen LogP contribution in [-0.4, -0.2) is 16.8 Å². The summed E-state index contributed by atoms with van der Waals surface area (Å²) >= 11 is 0. The van der Waals surface area contributed by atoms with Gasteiger partial charge in [-0.2, -0.15) is 0 Å². The summed E-state index contributed by atoms with van der Waals surface area (Å²) in [6.07, 6.45) is 5.46. The summed E-state index contributed by atoms with van der Waals surface area (Å²) in [5.74, 6) is 0. The maximum atomic E-state index is 8.82. The Morgan fingerprint density at radius 1 is 1.20 bits per heavy atom. The maximum Gasteiger partial charge on any atom is 0.118 e. The van der Waals surface area contributed by atoms with Crippen LogP contribution in [-0.2, 0) is 0 Å². The van der Waals surface area contributed by atoms with Crippen LogP contribution in [0.4, 0.5) is 0 Å². The highest BCUT2D eigenvalue weighted by Gasteiger charge is 2.00. The molecule has 61 valence electrons. The molecular formula is C8H17O2. The lowest BCUT2D eigenvalue weighted by atomic mass is 10.1. The van der Waals surface area contributed by atoms with Gasteiger partial charge in [0.1, 0.15) is 6.10 Å². The van der Waals surface area contributed by atoms with Crippen LogP contribution in [0, 0.1) is 6.10 Å². The molecule has 1 radical (unpaired) electrons. The number of hydrogen-bond donors (Lipinski definition) is 2. The van der Waals surface area contributed by atoms with E-state index in [0.29, 0.717) is 6.42 Å². The molecule has 0 fully saturated rings. The van der Waals surface area contributed by atoms with Gasteiger partial charge in [-0.15, -0.1) is 0 Å². The summed E-state index contributed by atoms with van der Waals surface area (Å²) in [6.45, 7) is 1.97. The van der Waals surface area contributed by atoms with Crippen molar-refractivity contribution < 1.29 is 10.2 Å². The van der Waals surface area contributed by atoms with Crippen molar-refractivity contribution in [2.24, 2.45) is 0 Å². The minimum Gasteiger partial charge on any atom is -0.393 e. The zero-order valence-corrected chi connectivity index (χ0v) is 6.64. The molecule has 0 aliphatic rings. The summed E-state index contributed by atoms with van der Waals surface area (Å²) in [5.41, 5.74) is 0. The molecule has 0 aromatic carbocycles. The summed E-state index contributed by atoms with van der Waals surface area (Å²) in [4.78, 5) is 0. The Bertz CT molecular complexity index is 64.3. The summed E-state index contributed by atoms with van der Waals surface area (Å²) < 4.78 is 0. The van der Waals surface area contributed by atoms with Crippen LogP contribution in [0.25, 0.3) is 0 Å². The molecule has 0 saturated carbocycles. The molecule has 0 aliphatic carbocycles. The largest absolute Gasteiger partial charge is 0.393 e. The summed E-state index contributed by atoms with van der Waals surface area (Å²) in [6, 6.07) is 0. The van der Waals surface area contributed by atoms with Gasteiger partial charge in [-0.3, -0.25) is 0 Å². The van der Waals surface area contributed by atoms with Gasteiger partial charge in [-0.05, 0) is 6.42 Å². The van der Waals surface area contributed by atoms with E-state index in [4.69, 9.17) is 10.2 Å². The lowest BCUT2D eigenvalue weighted by Crippen LogP contribution is -2.00. The van der Waals surface area contributed by atoms with Crippen LogP contribution in [0.15, 0.2) is 0 Å². The van der Waals surface area contributed by atoms with Gasteiger partial charge < -0.3 is 10.2 Å². The molecule has 0 aromatic heterocycles. The molecule has 0 atom stereocenters. The maximum absolute atomic E-state index is 8.82. The van der Waals surface area contributed by atoms with Gasteiger partial charge in [0.05, 0.1) is 6.61 Å². The smallest absolute Gasteiger partial charge is 0.118 e. The number of rotatable bonds is 6. The standard InChI is InChI=1S/C8H17O2/c1-2-3-4-5-6-8(10)7-9/h9-10H,2-7H2,1H3. The van der Waals surface area contributed by atoms with Crippen LogP contribution in [0.3, 0.4) is 0 Å². The molecule has 0 unspecified atom stereocenters. The Morgan fingerprint density at radius 3 is 2.40 bits per heavy atom. The molecule has 0 aliphatic heterocycles. The lowest BCUT2D eigenvalue weighted by Gasteiger charge is -2.03. The summed E-state index contributed by atoms with van der Waals surface area (Å²) in [7, 11) is 0. The predicted octanol–water partition coefficient (Wildman–Crippen LogP) is 1.85. The summed E-state index contributed by atoms with van der Waals surface area (Å²) in [5, 5.41) is 17.2. The monoisotopic (exact) mass is 145 g/mol. The molecule has 0 bridgehead atoms. The van der Waals surface area contributed by atoms with Gasteiger partial charge in [-0.1, -0.05) is 32.6 Å². The first-order valence-corrected chi connectivity index (χ1v) is 3.95. The first kappa shape index (κ1) is 9.92. The van der Waals surface area contributed by atoms with Crippen molar-refractivity contribution in [3.8, 4) is 0 Å². The minimum absolute atomic E-state index is 0.174. The Hall–Kier alpha value is -0.0800. The molecule has 0 heterocycles. The Labute approximate surface area is 62.9 Å². The van der Waals surface area contributed by atoms with Gasteiger partial charge in [0, 0.05) is 0 Å². The zero-order valence-electron chi connectivity index (χ0n) is 6.64. The molecule has 0 amide bonds. The number of aliphatic hydroxyl groups is 2. The van der Waals surface area contributed by atoms with E-state index < -0.39 is 0 Å². The topological polar surface area (TPSA) is 40.5 Å². The second kappa shape index (κ2) is 7.03. The third-order valence-corrected chi connectivity index (χ3v) is 1.50. The quantitative estimate of drug-likeness (QED) is 0.560. The Balaban J connectivity index is 2.89. The second-order valence-corrected chi connectivity index (χ2v) is 2.54. The normalized spacial score (nSPS) is 10.8. The van der Waals surface area contributed by atoms with Gasteiger partial charge in [0.2, 0.25) is 0 Å². The average Bonchev–Trinajstić information content (AvgIpc) is 1.98. The van der Waals surface area contributed by atoms with Crippen LogP contribution in [0.1, 0.15) is 39.0 Å². The second-order valence-electron chi connectivity index (χ2n) is 2.54. The third-order valence-electron chi connectivity index (χ3n) is 1.50. The molecule has 0 rings (SSSR count). The van der Waals surface area contributed by atoms with Crippen molar-refractivity contribution in [3.05, 3.63) is 6.10 Å². The van der Waals surface area contributed by atoms with Crippen LogP contribution in [0.2, 0.25) is 0 Å². The van der Waals surface area contributed by atoms with Crippen molar-refractivity contribution in [2.45, 2.75) is 39.0 Å². The predicted molar refractivity (Wildman–Crippen MR) is 41.0 cm³/mol. The average molecular weight is 145 g/mol. The van der Waals surface area contributed by atoms with E-state index in [-0.39, 0.29) is 12.7 Å². The van der Waals surface area contributed by atoms with Crippen molar-refractivity contribution >= 4 is 0 Å². The minimum atomic E-state index is -0.174. The highest BCUT2D eigenvalue weighted by atomic mass is 16.3. The molecule has 0 aromatic rings. The zero-order chi connectivity index (χ0) is 7.82. The molecular weight excluding hydrogens is 128 g/mol. The third kappa shape index (κ3) is 6.05. The first-order valence-electron chi connectivity index (χ1n) is 3.95. The van der Waals surface area contributed by atoms with E-state index in [1.165, 1.54) is 12.8 Å². The lowest BCUT2D eigenvalue weighted by molar-refractivity contribution is 0.175. The SMILES string of the molecule is CCCCCC[C](O)CO. The molecule has 0 saturated heterocycles. The fraction of sp³-hybridized carbons (Fsp3) is 0.875. The molecule has 2 heteroatoms. The van der Waals surface area contributed by atoms with Crippen molar-refractivity contribution in [1.29, 1.82) is 0 Å². The Morgan fingerprint density at radius 2 is 1.90 bits per heavy atom. The fourth-order valence-corrected chi connectivity index (χ4v) is 0.835. The number of hydrogen-bond acceptors (Lipinski definition) is 2. The van der Waals surface area contributed by atoms with E-state index in [9.17, 15) is 0 Å². The van der Waals surface area contributed by atoms with Crippen LogP contribution < -0.4 is 0 Å². The van der Waals surface area contributed by atoms with Crippen LogP contribution >= 0.6 is 0 Å². The highest BCUT2D eigenvalue weighted by Crippen LogP contribution is 2.08. The molecule has 10 heavy (non-hydrogen) atoms. The van der Waals surface area contributed by atoms with Gasteiger partial charge in [-0.25, -0.2) is 0 Å². The van der Waals surface area contributed by atoms with E-state index in [2.05, 4.69) is 6.92 Å². The van der Waals surface area contributed by atoms with Gasteiger partial charge in [0.25, 0.3) is 0 Å². The Kier molecular flexibility index (Phi) is 6.98. The fourth-order valence-electron chi connectivity index (χ4n) is 0.835. The first-order chi connectivity index (χ1) is 4.81. The van der Waals surface area contributed by atoms with Crippen molar-refractivity contribution in [3.63, 3.8) is 0 Å². The number of unbranched alkanes of at least 4 members (excludes halogenated alkanes) is 3. The van der Waals surface area contributed by atoms with E-state index >= 15 is 0 Å². The van der Waals surface area contributed by atoms with Gasteiger partial charge in [0.15, 0.2) is 0 Å². The van der Waals surface area contributed by atoms with E-state index in [1.807, 2.05) is 0 Å². The van der Waals surface area contributed by atoms with E-state index in [0.717, 1.165) is 12.8 Å². The highest BCUT2D eigenvalue weighted by molar-refractivity contribution is 4.72.